The van der Waals surface area contributed by atoms with Crippen LogP contribution in [0.3, 0.4) is 0 Å². The van der Waals surface area contributed by atoms with Crippen LogP contribution < -0.4 is 5.32 Å². The molecule has 0 spiro atoms. The van der Waals surface area contributed by atoms with E-state index in [0.29, 0.717) is 6.04 Å². The number of hydrogen-bond donors (Lipinski definition) is 1. The minimum Gasteiger partial charge on any atom is -0.312 e. The molecule has 1 atom stereocenters. The van der Waals surface area contributed by atoms with Gasteiger partial charge in [0.05, 0.1) is 6.20 Å². The van der Waals surface area contributed by atoms with E-state index in [9.17, 15) is 0 Å². The summed E-state index contributed by atoms with van der Waals surface area (Å²) in [5, 5.41) is 7.49. The quantitative estimate of drug-likeness (QED) is 0.753. The van der Waals surface area contributed by atoms with Crippen molar-refractivity contribution in [3.63, 3.8) is 0 Å². The van der Waals surface area contributed by atoms with Gasteiger partial charge in [-0.05, 0) is 12.5 Å². The molecule has 0 aromatic carbocycles. The number of aryl methyl sites for hydroxylation is 1. The van der Waals surface area contributed by atoms with E-state index in [1.165, 1.54) is 5.56 Å². The predicted octanol–water partition coefficient (Wildman–Crippen LogP) is 1.73. The van der Waals surface area contributed by atoms with Crippen LogP contribution in [0, 0.1) is 5.41 Å². The monoisotopic (exact) mass is 181 g/mol. The Morgan fingerprint density at radius 1 is 1.46 bits per heavy atom. The second kappa shape index (κ2) is 3.50. The fraction of sp³-hybridized carbons (Fsp3) is 0.700. The summed E-state index contributed by atoms with van der Waals surface area (Å²) >= 11 is 0. The van der Waals surface area contributed by atoms with Crippen LogP contribution in [0.4, 0.5) is 0 Å². The molecule has 0 aliphatic heterocycles. The van der Waals surface area contributed by atoms with Gasteiger partial charge in [0.25, 0.3) is 0 Å². The third kappa shape index (κ3) is 2.31. The average Bonchev–Trinajstić information content (AvgIpc) is 2.34. The number of rotatable bonds is 2. The van der Waals surface area contributed by atoms with E-state index in [2.05, 4.69) is 37.4 Å². The van der Waals surface area contributed by atoms with Gasteiger partial charge in [-0.25, -0.2) is 0 Å². The molecule has 0 aliphatic rings. The molecule has 1 aromatic rings. The van der Waals surface area contributed by atoms with E-state index in [0.717, 1.165) is 0 Å². The van der Waals surface area contributed by atoms with Crippen LogP contribution in [0.25, 0.3) is 0 Å². The summed E-state index contributed by atoms with van der Waals surface area (Å²) in [4.78, 5) is 0. The molecule has 1 rings (SSSR count). The highest BCUT2D eigenvalue weighted by atomic mass is 15.2. The lowest BCUT2D eigenvalue weighted by atomic mass is 9.84. The first-order chi connectivity index (χ1) is 5.95. The number of aromatic nitrogens is 2. The molecule has 3 nitrogen and oxygen atoms in total. The van der Waals surface area contributed by atoms with Crippen molar-refractivity contribution < 1.29 is 0 Å². The van der Waals surface area contributed by atoms with Gasteiger partial charge < -0.3 is 5.32 Å². The zero-order valence-corrected chi connectivity index (χ0v) is 9.13. The van der Waals surface area contributed by atoms with Crippen LogP contribution in [0.2, 0.25) is 0 Å². The first kappa shape index (κ1) is 10.3. The Labute approximate surface area is 80.1 Å². The molecule has 0 amide bonds. The van der Waals surface area contributed by atoms with Crippen LogP contribution in [-0.4, -0.2) is 16.8 Å². The normalized spacial score (nSPS) is 14.5. The van der Waals surface area contributed by atoms with Crippen molar-refractivity contribution in [2.75, 3.05) is 7.05 Å². The molecule has 1 unspecified atom stereocenters. The summed E-state index contributed by atoms with van der Waals surface area (Å²) in [5.74, 6) is 0. The van der Waals surface area contributed by atoms with E-state index in [1.54, 1.807) is 0 Å². The van der Waals surface area contributed by atoms with Crippen molar-refractivity contribution >= 4 is 0 Å². The minimum absolute atomic E-state index is 0.220. The topological polar surface area (TPSA) is 29.9 Å². The lowest BCUT2D eigenvalue weighted by Crippen LogP contribution is -2.29. The van der Waals surface area contributed by atoms with E-state index in [4.69, 9.17) is 0 Å². The molecule has 74 valence electrons. The Morgan fingerprint density at radius 3 is 2.38 bits per heavy atom. The van der Waals surface area contributed by atoms with Crippen LogP contribution in [0.15, 0.2) is 12.4 Å². The number of nitrogens with one attached hydrogen (secondary N) is 1. The number of hydrogen-bond acceptors (Lipinski definition) is 2. The molecular weight excluding hydrogens is 162 g/mol. The third-order valence-corrected chi connectivity index (χ3v) is 2.21. The Kier molecular flexibility index (Phi) is 2.76. The van der Waals surface area contributed by atoms with E-state index < -0.39 is 0 Å². The van der Waals surface area contributed by atoms with Crippen molar-refractivity contribution in [2.45, 2.75) is 26.8 Å². The van der Waals surface area contributed by atoms with Gasteiger partial charge in [-0.15, -0.1) is 0 Å². The highest BCUT2D eigenvalue weighted by Gasteiger charge is 2.25. The first-order valence-electron chi connectivity index (χ1n) is 4.61. The maximum atomic E-state index is 4.18. The molecule has 1 heterocycles. The lowest BCUT2D eigenvalue weighted by molar-refractivity contribution is 0.287. The SMILES string of the molecule is CNC(c1cnn(C)c1)C(C)(C)C. The Morgan fingerprint density at radius 2 is 2.08 bits per heavy atom. The molecule has 13 heavy (non-hydrogen) atoms. The highest BCUT2D eigenvalue weighted by molar-refractivity contribution is 5.12. The van der Waals surface area contributed by atoms with Crippen molar-refractivity contribution in [2.24, 2.45) is 12.5 Å². The Bertz CT molecular complexity index is 270. The summed E-state index contributed by atoms with van der Waals surface area (Å²) in [5.41, 5.74) is 1.47. The third-order valence-electron chi connectivity index (χ3n) is 2.21. The van der Waals surface area contributed by atoms with Gasteiger partial charge in [-0.2, -0.15) is 5.10 Å². The number of nitrogens with zero attached hydrogens (tertiary/aromatic N) is 2. The second-order valence-corrected chi connectivity index (χ2v) is 4.54. The Balaban J connectivity index is 2.91. The zero-order chi connectivity index (χ0) is 10.1. The fourth-order valence-corrected chi connectivity index (χ4v) is 1.69. The van der Waals surface area contributed by atoms with Gasteiger partial charge in [-0.3, -0.25) is 4.68 Å². The molecule has 0 radical (unpaired) electrons. The maximum absolute atomic E-state index is 4.18. The smallest absolute Gasteiger partial charge is 0.0537 e. The second-order valence-electron chi connectivity index (χ2n) is 4.54. The van der Waals surface area contributed by atoms with Gasteiger partial charge in [0.2, 0.25) is 0 Å². The summed E-state index contributed by atoms with van der Waals surface area (Å²) < 4.78 is 1.84. The molecule has 0 saturated heterocycles. The van der Waals surface area contributed by atoms with Crippen LogP contribution in [-0.2, 0) is 7.05 Å². The molecule has 1 aromatic heterocycles. The average molecular weight is 181 g/mol. The molecule has 1 N–H and O–H groups in total. The van der Waals surface area contributed by atoms with Crippen molar-refractivity contribution in [3.8, 4) is 0 Å². The molecular formula is C10H19N3. The summed E-state index contributed by atoms with van der Waals surface area (Å²) in [6.45, 7) is 6.67. The summed E-state index contributed by atoms with van der Waals surface area (Å²) in [6, 6.07) is 0.362. The minimum atomic E-state index is 0.220. The van der Waals surface area contributed by atoms with E-state index >= 15 is 0 Å². The van der Waals surface area contributed by atoms with Crippen molar-refractivity contribution in [3.05, 3.63) is 18.0 Å². The molecule has 0 saturated carbocycles. The summed E-state index contributed by atoms with van der Waals surface area (Å²) in [7, 11) is 3.93. The lowest BCUT2D eigenvalue weighted by Gasteiger charge is -2.29. The van der Waals surface area contributed by atoms with Gasteiger partial charge in [0.15, 0.2) is 0 Å². The highest BCUT2D eigenvalue weighted by Crippen LogP contribution is 2.31. The molecule has 0 bridgehead atoms. The van der Waals surface area contributed by atoms with Gasteiger partial charge >= 0.3 is 0 Å². The van der Waals surface area contributed by atoms with Crippen molar-refractivity contribution in [1.29, 1.82) is 0 Å². The molecule has 3 heteroatoms. The summed E-state index contributed by atoms with van der Waals surface area (Å²) in [6.07, 6.45) is 3.98. The maximum Gasteiger partial charge on any atom is 0.0537 e. The standard InChI is InChI=1S/C10H19N3/c1-10(2,3)9(11-4)8-6-12-13(5)7-8/h6-7,9,11H,1-5H3. The van der Waals surface area contributed by atoms with Crippen LogP contribution >= 0.6 is 0 Å². The van der Waals surface area contributed by atoms with E-state index in [1.807, 2.05) is 25.0 Å². The zero-order valence-electron chi connectivity index (χ0n) is 9.13. The van der Waals surface area contributed by atoms with Crippen LogP contribution in [0.1, 0.15) is 32.4 Å². The first-order valence-corrected chi connectivity index (χ1v) is 4.61. The van der Waals surface area contributed by atoms with Gasteiger partial charge in [0, 0.05) is 24.8 Å². The van der Waals surface area contributed by atoms with Gasteiger partial charge in [-0.1, -0.05) is 20.8 Å². The predicted molar refractivity (Wildman–Crippen MR) is 54.5 cm³/mol. The van der Waals surface area contributed by atoms with E-state index in [-0.39, 0.29) is 5.41 Å². The van der Waals surface area contributed by atoms with Gasteiger partial charge in [0.1, 0.15) is 0 Å². The largest absolute Gasteiger partial charge is 0.312 e. The van der Waals surface area contributed by atoms with Crippen LogP contribution in [0.5, 0.6) is 0 Å². The Hall–Kier alpha value is -0.830. The molecule has 0 aliphatic carbocycles. The fourth-order valence-electron chi connectivity index (χ4n) is 1.69. The molecule has 0 fully saturated rings. The van der Waals surface area contributed by atoms with Crippen molar-refractivity contribution in [1.82, 2.24) is 15.1 Å².